The van der Waals surface area contributed by atoms with Crippen LogP contribution in [0.4, 0.5) is 0 Å². The van der Waals surface area contributed by atoms with Gasteiger partial charge in [0.15, 0.2) is 0 Å². The van der Waals surface area contributed by atoms with Crippen LogP contribution < -0.4 is 0 Å². The minimum absolute atomic E-state index is 0.107. The first kappa shape index (κ1) is 27.9. The molecule has 0 saturated carbocycles. The highest BCUT2D eigenvalue weighted by atomic mass is 16.5. The SMILES string of the molecule is CCCCCCCCCCCCCCCC/C=C\CC/C=C\CCCC(=O)OC. The summed E-state index contributed by atoms with van der Waals surface area (Å²) in [5, 5.41) is 0. The summed E-state index contributed by atoms with van der Waals surface area (Å²) in [5.41, 5.74) is 0. The summed E-state index contributed by atoms with van der Waals surface area (Å²) >= 11 is 0. The minimum atomic E-state index is -0.107. The third-order valence-corrected chi connectivity index (χ3v) is 5.54. The molecule has 0 N–H and O–H groups in total. The molecule has 0 unspecified atom stereocenters. The Hall–Kier alpha value is -1.05. The number of carbonyl (C=O) groups excluding carboxylic acids is 1. The van der Waals surface area contributed by atoms with Crippen LogP contribution in [0.1, 0.15) is 135 Å². The molecule has 0 aromatic carbocycles. The molecule has 2 nitrogen and oxygen atoms in total. The van der Waals surface area contributed by atoms with Gasteiger partial charge in [-0.3, -0.25) is 4.79 Å². The van der Waals surface area contributed by atoms with Crippen molar-refractivity contribution in [3.8, 4) is 0 Å². The van der Waals surface area contributed by atoms with Gasteiger partial charge in [-0.25, -0.2) is 0 Å². The molecule has 0 aliphatic rings. The lowest BCUT2D eigenvalue weighted by Crippen LogP contribution is -1.98. The van der Waals surface area contributed by atoms with E-state index in [1.807, 2.05) is 0 Å². The molecule has 29 heavy (non-hydrogen) atoms. The topological polar surface area (TPSA) is 26.3 Å². The normalized spacial score (nSPS) is 11.7. The zero-order valence-corrected chi connectivity index (χ0v) is 19.8. The third-order valence-electron chi connectivity index (χ3n) is 5.54. The zero-order chi connectivity index (χ0) is 21.3. The molecule has 0 amide bonds. The van der Waals surface area contributed by atoms with Gasteiger partial charge in [0, 0.05) is 6.42 Å². The van der Waals surface area contributed by atoms with Crippen molar-refractivity contribution in [3.05, 3.63) is 24.3 Å². The predicted molar refractivity (Wildman–Crippen MR) is 128 cm³/mol. The summed E-state index contributed by atoms with van der Waals surface area (Å²) in [6, 6.07) is 0. The maximum absolute atomic E-state index is 11.0. The number of hydrogen-bond acceptors (Lipinski definition) is 2. The molecule has 0 atom stereocenters. The van der Waals surface area contributed by atoms with Crippen LogP contribution >= 0.6 is 0 Å². The molecule has 0 aromatic rings. The Labute approximate surface area is 182 Å². The van der Waals surface area contributed by atoms with E-state index in [1.54, 1.807) is 0 Å². The van der Waals surface area contributed by atoms with Crippen molar-refractivity contribution in [1.82, 2.24) is 0 Å². The smallest absolute Gasteiger partial charge is 0.305 e. The second-order valence-corrected chi connectivity index (χ2v) is 8.37. The summed E-state index contributed by atoms with van der Waals surface area (Å²) in [6.45, 7) is 2.29. The highest BCUT2D eigenvalue weighted by Crippen LogP contribution is 2.13. The van der Waals surface area contributed by atoms with Crippen molar-refractivity contribution in [3.63, 3.8) is 0 Å². The fourth-order valence-electron chi connectivity index (χ4n) is 3.59. The van der Waals surface area contributed by atoms with Crippen LogP contribution in [0.25, 0.3) is 0 Å². The molecule has 0 aromatic heterocycles. The van der Waals surface area contributed by atoms with E-state index in [-0.39, 0.29) is 5.97 Å². The predicted octanol–water partition coefficient (Wildman–Crippen LogP) is 9.09. The van der Waals surface area contributed by atoms with E-state index >= 15 is 0 Å². The average Bonchev–Trinajstić information content (AvgIpc) is 2.74. The Morgan fingerprint density at radius 1 is 0.552 bits per heavy atom. The van der Waals surface area contributed by atoms with Gasteiger partial charge in [-0.15, -0.1) is 0 Å². The summed E-state index contributed by atoms with van der Waals surface area (Å²) in [5.74, 6) is -0.107. The summed E-state index contributed by atoms with van der Waals surface area (Å²) < 4.78 is 4.63. The van der Waals surface area contributed by atoms with Gasteiger partial charge in [-0.1, -0.05) is 115 Å². The second-order valence-electron chi connectivity index (χ2n) is 8.37. The van der Waals surface area contributed by atoms with Gasteiger partial charge < -0.3 is 4.74 Å². The van der Waals surface area contributed by atoms with Crippen LogP contribution in [-0.4, -0.2) is 13.1 Å². The van der Waals surface area contributed by atoms with Gasteiger partial charge in [-0.05, 0) is 38.5 Å². The lowest BCUT2D eigenvalue weighted by Gasteiger charge is -2.02. The molecular weight excluding hydrogens is 356 g/mol. The van der Waals surface area contributed by atoms with Gasteiger partial charge in [0.1, 0.15) is 0 Å². The first-order valence-electron chi connectivity index (χ1n) is 12.7. The van der Waals surface area contributed by atoms with Gasteiger partial charge in [0.2, 0.25) is 0 Å². The number of hydrogen-bond donors (Lipinski definition) is 0. The van der Waals surface area contributed by atoms with Crippen molar-refractivity contribution < 1.29 is 9.53 Å². The van der Waals surface area contributed by atoms with E-state index in [0.29, 0.717) is 6.42 Å². The van der Waals surface area contributed by atoms with Gasteiger partial charge in [-0.2, -0.15) is 0 Å². The first-order valence-corrected chi connectivity index (χ1v) is 12.7. The van der Waals surface area contributed by atoms with Crippen LogP contribution in [0.3, 0.4) is 0 Å². The molecule has 0 rings (SSSR count). The van der Waals surface area contributed by atoms with E-state index in [0.717, 1.165) is 25.7 Å². The van der Waals surface area contributed by atoms with Crippen molar-refractivity contribution in [2.45, 2.75) is 135 Å². The van der Waals surface area contributed by atoms with Crippen molar-refractivity contribution in [2.24, 2.45) is 0 Å². The summed E-state index contributed by atoms with van der Waals surface area (Å²) in [4.78, 5) is 11.0. The lowest BCUT2D eigenvalue weighted by molar-refractivity contribution is -0.140. The zero-order valence-electron chi connectivity index (χ0n) is 19.8. The van der Waals surface area contributed by atoms with Gasteiger partial charge in [0.05, 0.1) is 7.11 Å². The molecule has 170 valence electrons. The number of methoxy groups -OCH3 is 1. The molecule has 2 heteroatoms. The summed E-state index contributed by atoms with van der Waals surface area (Å²) in [7, 11) is 1.45. The molecule has 0 radical (unpaired) electrons. The molecule has 0 spiro atoms. The lowest BCUT2D eigenvalue weighted by atomic mass is 10.0. The van der Waals surface area contributed by atoms with Crippen LogP contribution in [0.2, 0.25) is 0 Å². The van der Waals surface area contributed by atoms with Crippen LogP contribution in [-0.2, 0) is 9.53 Å². The van der Waals surface area contributed by atoms with Crippen molar-refractivity contribution in [2.75, 3.05) is 7.11 Å². The molecule has 0 aliphatic carbocycles. The maximum atomic E-state index is 11.0. The highest BCUT2D eigenvalue weighted by molar-refractivity contribution is 5.69. The van der Waals surface area contributed by atoms with E-state index in [1.165, 1.54) is 103 Å². The molecular formula is C27H50O2. The fourth-order valence-corrected chi connectivity index (χ4v) is 3.59. The van der Waals surface area contributed by atoms with Crippen LogP contribution in [0.15, 0.2) is 24.3 Å². The monoisotopic (exact) mass is 406 g/mol. The van der Waals surface area contributed by atoms with Crippen LogP contribution in [0.5, 0.6) is 0 Å². The largest absolute Gasteiger partial charge is 0.469 e. The fraction of sp³-hybridized carbons (Fsp3) is 0.815. The van der Waals surface area contributed by atoms with Crippen LogP contribution in [0, 0.1) is 0 Å². The van der Waals surface area contributed by atoms with Gasteiger partial charge in [0.25, 0.3) is 0 Å². The van der Waals surface area contributed by atoms with E-state index < -0.39 is 0 Å². The summed E-state index contributed by atoms with van der Waals surface area (Å²) in [6.07, 6.45) is 34.9. The molecule has 0 bridgehead atoms. The molecule has 0 saturated heterocycles. The quantitative estimate of drug-likeness (QED) is 0.102. The maximum Gasteiger partial charge on any atom is 0.305 e. The number of ether oxygens (including phenoxy) is 1. The number of esters is 1. The minimum Gasteiger partial charge on any atom is -0.469 e. The second kappa shape index (κ2) is 25.0. The van der Waals surface area contributed by atoms with Crippen molar-refractivity contribution >= 4 is 5.97 Å². The molecule has 0 aliphatic heterocycles. The number of allylic oxidation sites excluding steroid dienone is 4. The highest BCUT2D eigenvalue weighted by Gasteiger charge is 1.96. The molecule has 0 heterocycles. The van der Waals surface area contributed by atoms with E-state index in [4.69, 9.17) is 0 Å². The van der Waals surface area contributed by atoms with Crippen molar-refractivity contribution in [1.29, 1.82) is 0 Å². The molecule has 0 fully saturated rings. The van der Waals surface area contributed by atoms with E-state index in [9.17, 15) is 4.79 Å². The number of unbranched alkanes of at least 4 members (excludes halogenated alkanes) is 16. The Morgan fingerprint density at radius 2 is 0.931 bits per heavy atom. The standard InChI is InChI=1S/C27H50O2/c1-3-4-5-6-7-8-9-10-11-12-13-14-15-16-17-18-19-20-21-22-23-24-25-26-27(28)29-2/h18-19,22-23H,3-17,20-21,24-26H2,1-2H3/b19-18-,23-22-. The average molecular weight is 407 g/mol. The van der Waals surface area contributed by atoms with E-state index in [2.05, 4.69) is 36.0 Å². The number of rotatable bonds is 22. The Balaban J connectivity index is 3.16. The third kappa shape index (κ3) is 24.9. The van der Waals surface area contributed by atoms with Gasteiger partial charge >= 0.3 is 5.97 Å². The Bertz CT molecular complexity index is 384. The first-order chi connectivity index (χ1) is 14.3. The Morgan fingerprint density at radius 3 is 1.38 bits per heavy atom. The Kier molecular flexibility index (Phi) is 24.1. The number of carbonyl (C=O) groups is 1.